The van der Waals surface area contributed by atoms with Gasteiger partial charge in [-0.2, -0.15) is 0 Å². The quantitative estimate of drug-likeness (QED) is 0.276. The zero-order valence-electron chi connectivity index (χ0n) is 25.8. The number of hydrogen-bond donors (Lipinski definition) is 3. The summed E-state index contributed by atoms with van der Waals surface area (Å²) in [6.07, 6.45) is 5.57. The standard InChI is InChI=1S/C34H42N6O5/c1-23-5-2-3-6-29(23)39-15-17-40(18-16-39)30-10-9-26(21-27(30)37-33(43)28-22-45-34(38-28)25-7-8-25)32(42)36-14-4-13-35-31(41)24-11-19-44-20-12-24/h2-3,5-6,9-10,21-22,24-25H,4,7-8,11-20H2,1H3,(H,35,41)(H,36,42)(H,37,43). The van der Waals surface area contributed by atoms with E-state index in [0.29, 0.717) is 55.8 Å². The first-order valence-corrected chi connectivity index (χ1v) is 16.1. The van der Waals surface area contributed by atoms with Crippen molar-refractivity contribution in [2.75, 3.05) is 67.6 Å². The summed E-state index contributed by atoms with van der Waals surface area (Å²) in [5.74, 6) is 0.344. The molecule has 3 aliphatic rings. The third-order valence-electron chi connectivity index (χ3n) is 8.80. The fourth-order valence-electron chi connectivity index (χ4n) is 5.96. The molecule has 0 radical (unpaired) electrons. The van der Waals surface area contributed by atoms with Gasteiger partial charge in [-0.3, -0.25) is 14.4 Å². The number of nitrogens with one attached hydrogen (secondary N) is 3. The lowest BCUT2D eigenvalue weighted by Gasteiger charge is -2.38. The van der Waals surface area contributed by atoms with Gasteiger partial charge in [-0.1, -0.05) is 18.2 Å². The van der Waals surface area contributed by atoms with Gasteiger partial charge < -0.3 is 34.9 Å². The Balaban J connectivity index is 1.10. The molecule has 0 unspecified atom stereocenters. The van der Waals surface area contributed by atoms with E-state index in [2.05, 4.69) is 61.9 Å². The Bertz CT molecular complexity index is 1500. The fourth-order valence-corrected chi connectivity index (χ4v) is 5.96. The van der Waals surface area contributed by atoms with Crippen molar-refractivity contribution in [1.29, 1.82) is 0 Å². The minimum Gasteiger partial charge on any atom is -0.448 e. The van der Waals surface area contributed by atoms with Crippen LogP contribution in [0.3, 0.4) is 0 Å². The van der Waals surface area contributed by atoms with Crippen molar-refractivity contribution >= 4 is 34.8 Å². The minimum absolute atomic E-state index is 0.00321. The molecule has 2 saturated heterocycles. The summed E-state index contributed by atoms with van der Waals surface area (Å²) >= 11 is 0. The highest BCUT2D eigenvalue weighted by Gasteiger charge is 2.30. The molecular formula is C34H42N6O5. The topological polar surface area (TPSA) is 129 Å². The summed E-state index contributed by atoms with van der Waals surface area (Å²) in [4.78, 5) is 47.8. The molecule has 0 atom stereocenters. The zero-order valence-corrected chi connectivity index (χ0v) is 25.8. The number of amides is 3. The molecule has 3 amide bonds. The van der Waals surface area contributed by atoms with Crippen LogP contribution in [0.5, 0.6) is 0 Å². The summed E-state index contributed by atoms with van der Waals surface area (Å²) < 4.78 is 10.9. The third-order valence-corrected chi connectivity index (χ3v) is 8.80. The lowest BCUT2D eigenvalue weighted by molar-refractivity contribution is -0.127. The number of hydrogen-bond acceptors (Lipinski definition) is 8. The minimum atomic E-state index is -0.372. The van der Waals surface area contributed by atoms with E-state index in [0.717, 1.165) is 57.5 Å². The molecule has 238 valence electrons. The Hall–Kier alpha value is -4.38. The molecule has 3 fully saturated rings. The number of ether oxygens (including phenoxy) is 1. The first-order chi connectivity index (χ1) is 22.0. The van der Waals surface area contributed by atoms with E-state index >= 15 is 0 Å². The lowest BCUT2D eigenvalue weighted by Crippen LogP contribution is -2.47. The van der Waals surface area contributed by atoms with Gasteiger partial charge in [0.25, 0.3) is 11.8 Å². The van der Waals surface area contributed by atoms with E-state index in [1.807, 2.05) is 6.07 Å². The Kier molecular flexibility index (Phi) is 9.63. The molecule has 3 aromatic rings. The van der Waals surface area contributed by atoms with Gasteiger partial charge >= 0.3 is 0 Å². The number of benzene rings is 2. The SMILES string of the molecule is Cc1ccccc1N1CCN(c2ccc(C(=O)NCCCNC(=O)C3CCOCC3)cc2NC(=O)c2coc(C3CC3)n2)CC1. The van der Waals surface area contributed by atoms with E-state index in [9.17, 15) is 14.4 Å². The maximum absolute atomic E-state index is 13.3. The van der Waals surface area contributed by atoms with Crippen LogP contribution in [0.1, 0.15) is 70.3 Å². The highest BCUT2D eigenvalue weighted by molar-refractivity contribution is 6.06. The van der Waals surface area contributed by atoms with E-state index in [1.54, 1.807) is 12.1 Å². The van der Waals surface area contributed by atoms with Crippen molar-refractivity contribution in [3.8, 4) is 0 Å². The molecule has 1 aliphatic carbocycles. The van der Waals surface area contributed by atoms with Crippen LogP contribution in [-0.2, 0) is 9.53 Å². The molecule has 1 saturated carbocycles. The number of anilines is 3. The predicted molar refractivity (Wildman–Crippen MR) is 172 cm³/mol. The second kappa shape index (κ2) is 14.2. The normalized spacial score (nSPS) is 17.2. The number of oxazole rings is 1. The van der Waals surface area contributed by atoms with Crippen molar-refractivity contribution in [3.05, 3.63) is 71.4 Å². The molecule has 0 bridgehead atoms. The highest BCUT2D eigenvalue weighted by atomic mass is 16.5. The van der Waals surface area contributed by atoms with Crippen LogP contribution >= 0.6 is 0 Å². The summed E-state index contributed by atoms with van der Waals surface area (Å²) in [6.45, 7) is 7.47. The number of rotatable bonds is 11. The van der Waals surface area contributed by atoms with Gasteiger partial charge in [-0.25, -0.2) is 4.98 Å². The number of aryl methyl sites for hydroxylation is 1. The second-order valence-electron chi connectivity index (χ2n) is 12.1. The smallest absolute Gasteiger partial charge is 0.277 e. The Morgan fingerprint density at radius 3 is 2.31 bits per heavy atom. The summed E-state index contributed by atoms with van der Waals surface area (Å²) in [5, 5.41) is 8.93. The molecule has 6 rings (SSSR count). The monoisotopic (exact) mass is 614 g/mol. The van der Waals surface area contributed by atoms with Crippen molar-refractivity contribution in [2.24, 2.45) is 5.92 Å². The van der Waals surface area contributed by atoms with Crippen molar-refractivity contribution < 1.29 is 23.5 Å². The Labute approximate surface area is 263 Å². The van der Waals surface area contributed by atoms with E-state index < -0.39 is 0 Å². The molecule has 11 nitrogen and oxygen atoms in total. The fraction of sp³-hybridized carbons (Fsp3) is 0.471. The second-order valence-corrected chi connectivity index (χ2v) is 12.1. The summed E-state index contributed by atoms with van der Waals surface area (Å²) in [6, 6.07) is 13.8. The van der Waals surface area contributed by atoms with Crippen LogP contribution in [0.4, 0.5) is 17.1 Å². The van der Waals surface area contributed by atoms with E-state index in [1.165, 1.54) is 17.5 Å². The Morgan fingerprint density at radius 2 is 1.58 bits per heavy atom. The van der Waals surface area contributed by atoms with Crippen LogP contribution in [0.25, 0.3) is 0 Å². The molecule has 11 heteroatoms. The van der Waals surface area contributed by atoms with Gasteiger partial charge in [0.2, 0.25) is 5.91 Å². The predicted octanol–water partition coefficient (Wildman–Crippen LogP) is 4.10. The molecule has 3 heterocycles. The van der Waals surface area contributed by atoms with Crippen LogP contribution < -0.4 is 25.8 Å². The van der Waals surface area contributed by atoms with E-state index in [4.69, 9.17) is 9.15 Å². The number of carbonyl (C=O) groups is 3. The number of nitrogens with zero attached hydrogens (tertiary/aromatic N) is 3. The summed E-state index contributed by atoms with van der Waals surface area (Å²) in [5.41, 5.74) is 4.55. The van der Waals surface area contributed by atoms with Gasteiger partial charge in [0.15, 0.2) is 11.6 Å². The average Bonchev–Trinajstić information content (AvgIpc) is 3.80. The van der Waals surface area contributed by atoms with Crippen LogP contribution in [0, 0.1) is 12.8 Å². The van der Waals surface area contributed by atoms with Gasteiger partial charge in [0, 0.05) is 75.6 Å². The summed E-state index contributed by atoms with van der Waals surface area (Å²) in [7, 11) is 0. The largest absolute Gasteiger partial charge is 0.448 e. The van der Waals surface area contributed by atoms with Crippen LogP contribution in [0.2, 0.25) is 0 Å². The molecule has 45 heavy (non-hydrogen) atoms. The van der Waals surface area contributed by atoms with Gasteiger partial charge in [0.1, 0.15) is 6.26 Å². The number of aromatic nitrogens is 1. The number of para-hydroxylation sites is 1. The molecule has 1 aromatic heterocycles. The lowest BCUT2D eigenvalue weighted by atomic mass is 9.99. The van der Waals surface area contributed by atoms with Gasteiger partial charge in [0.05, 0.1) is 11.4 Å². The van der Waals surface area contributed by atoms with Crippen LogP contribution in [-0.4, -0.2) is 75.2 Å². The maximum atomic E-state index is 13.3. The van der Waals surface area contributed by atoms with Crippen molar-refractivity contribution in [3.63, 3.8) is 0 Å². The van der Waals surface area contributed by atoms with Crippen molar-refractivity contribution in [1.82, 2.24) is 15.6 Å². The molecule has 3 N–H and O–H groups in total. The Morgan fingerprint density at radius 1 is 0.867 bits per heavy atom. The molecular weight excluding hydrogens is 572 g/mol. The van der Waals surface area contributed by atoms with Gasteiger partial charge in [-0.05, 0) is 68.9 Å². The maximum Gasteiger partial charge on any atom is 0.277 e. The number of piperazine rings is 1. The van der Waals surface area contributed by atoms with Crippen molar-refractivity contribution in [2.45, 2.75) is 44.9 Å². The first kappa shape index (κ1) is 30.6. The first-order valence-electron chi connectivity index (χ1n) is 16.1. The number of carbonyl (C=O) groups excluding carboxylic acids is 3. The van der Waals surface area contributed by atoms with Gasteiger partial charge in [-0.15, -0.1) is 0 Å². The highest BCUT2D eigenvalue weighted by Crippen LogP contribution is 2.39. The van der Waals surface area contributed by atoms with Crippen LogP contribution in [0.15, 0.2) is 53.1 Å². The molecule has 2 aromatic carbocycles. The molecule has 2 aliphatic heterocycles. The third kappa shape index (κ3) is 7.65. The zero-order chi connectivity index (χ0) is 31.2. The molecule has 0 spiro atoms. The average molecular weight is 615 g/mol. The van der Waals surface area contributed by atoms with E-state index in [-0.39, 0.29) is 29.3 Å².